The molecule has 0 saturated heterocycles. The molecule has 0 radical (unpaired) electrons. The summed E-state index contributed by atoms with van der Waals surface area (Å²) in [6, 6.07) is 19.5. The molecule has 3 N–H and O–H groups in total. The van der Waals surface area contributed by atoms with Gasteiger partial charge in [-0.25, -0.2) is 0 Å². The van der Waals surface area contributed by atoms with E-state index in [2.05, 4.69) is 179 Å². The van der Waals surface area contributed by atoms with Crippen LogP contribution in [0.4, 0.5) is 0 Å². The molecule has 0 aliphatic rings. The highest BCUT2D eigenvalue weighted by molar-refractivity contribution is 5.96. The van der Waals surface area contributed by atoms with E-state index < -0.39 is 0 Å². The summed E-state index contributed by atoms with van der Waals surface area (Å²) in [7, 11) is 0. The lowest BCUT2D eigenvalue weighted by Crippen LogP contribution is -2.18. The molecular formula is C48H66O3. The highest BCUT2D eigenvalue weighted by Crippen LogP contribution is 2.50. The first-order valence-electron chi connectivity index (χ1n) is 18.6. The van der Waals surface area contributed by atoms with Gasteiger partial charge in [-0.3, -0.25) is 0 Å². The molecule has 0 aliphatic heterocycles. The Bertz CT molecular complexity index is 1740. The summed E-state index contributed by atoms with van der Waals surface area (Å²) in [4.78, 5) is 0. The molecule has 0 amide bonds. The van der Waals surface area contributed by atoms with Crippen molar-refractivity contribution in [2.45, 2.75) is 157 Å². The van der Waals surface area contributed by atoms with Crippen molar-refractivity contribution >= 4 is 0 Å². The Morgan fingerprint density at radius 3 is 0.706 bits per heavy atom. The maximum Gasteiger partial charge on any atom is 0.123 e. The molecular weight excluding hydrogens is 625 g/mol. The number of rotatable bonds is 3. The fraction of sp³-hybridized carbons (Fsp3) is 0.500. The number of phenols is 3. The van der Waals surface area contributed by atoms with Gasteiger partial charge in [0, 0.05) is 33.4 Å². The quantitative estimate of drug-likeness (QED) is 0.200. The van der Waals surface area contributed by atoms with Crippen LogP contribution >= 0.6 is 0 Å². The molecule has 0 fully saturated rings. The number of hydrogen-bond donors (Lipinski definition) is 3. The molecule has 0 atom stereocenters. The Morgan fingerprint density at radius 2 is 0.510 bits per heavy atom. The molecule has 276 valence electrons. The smallest absolute Gasteiger partial charge is 0.123 e. The lowest BCUT2D eigenvalue weighted by Gasteiger charge is -2.31. The third-order valence-electron chi connectivity index (χ3n) is 10.2. The Labute approximate surface area is 310 Å². The van der Waals surface area contributed by atoms with Crippen molar-refractivity contribution in [3.63, 3.8) is 0 Å². The molecule has 0 spiro atoms. The molecule has 3 heteroatoms. The van der Waals surface area contributed by atoms with Gasteiger partial charge in [-0.2, -0.15) is 0 Å². The first-order chi connectivity index (χ1) is 22.8. The van der Waals surface area contributed by atoms with E-state index in [-0.39, 0.29) is 32.5 Å². The highest BCUT2D eigenvalue weighted by Gasteiger charge is 2.32. The lowest BCUT2D eigenvalue weighted by molar-refractivity contribution is 0.422. The van der Waals surface area contributed by atoms with Crippen LogP contribution < -0.4 is 0 Å². The minimum Gasteiger partial charge on any atom is -0.507 e. The number of hydrogen-bond acceptors (Lipinski definition) is 3. The average Bonchev–Trinajstić information content (AvgIpc) is 2.93. The van der Waals surface area contributed by atoms with Crippen molar-refractivity contribution in [2.24, 2.45) is 0 Å². The van der Waals surface area contributed by atoms with Crippen molar-refractivity contribution in [1.82, 2.24) is 0 Å². The lowest BCUT2D eigenvalue weighted by atomic mass is 9.74. The summed E-state index contributed by atoms with van der Waals surface area (Å²) in [6.07, 6.45) is 0. The Kier molecular flexibility index (Phi) is 10.0. The summed E-state index contributed by atoms with van der Waals surface area (Å²) in [6.45, 7) is 38.8. The van der Waals surface area contributed by atoms with Crippen LogP contribution in [0.3, 0.4) is 0 Å². The Morgan fingerprint density at radius 1 is 0.314 bits per heavy atom. The van der Waals surface area contributed by atoms with E-state index in [0.717, 1.165) is 66.8 Å². The third-order valence-corrected chi connectivity index (χ3v) is 10.2. The maximum atomic E-state index is 11.8. The summed E-state index contributed by atoms with van der Waals surface area (Å²) in [5.74, 6) is 1.06. The third kappa shape index (κ3) is 8.03. The minimum absolute atomic E-state index is 0.296. The summed E-state index contributed by atoms with van der Waals surface area (Å²) in [5.41, 5.74) is 9.89. The highest BCUT2D eigenvalue weighted by atomic mass is 16.3. The fourth-order valence-electron chi connectivity index (χ4n) is 7.13. The van der Waals surface area contributed by atoms with Crippen LogP contribution in [0.15, 0.2) is 54.6 Å². The van der Waals surface area contributed by atoms with E-state index >= 15 is 0 Å². The van der Waals surface area contributed by atoms with Gasteiger partial charge < -0.3 is 15.3 Å². The zero-order valence-electron chi connectivity index (χ0n) is 35.0. The Balaban J connectivity index is 2.34. The zero-order chi connectivity index (χ0) is 39.0. The normalized spacial score (nSPS) is 13.5. The second-order valence-corrected chi connectivity index (χ2v) is 21.0. The van der Waals surface area contributed by atoms with E-state index in [9.17, 15) is 15.3 Å². The number of phenolic OH excluding ortho intramolecular Hbond substituents is 3. The second kappa shape index (κ2) is 12.7. The summed E-state index contributed by atoms with van der Waals surface area (Å²) >= 11 is 0. The topological polar surface area (TPSA) is 60.7 Å². The molecule has 4 aromatic rings. The fourth-order valence-corrected chi connectivity index (χ4v) is 7.13. The summed E-state index contributed by atoms with van der Waals surface area (Å²) in [5, 5.41) is 35.3. The molecule has 3 nitrogen and oxygen atoms in total. The largest absolute Gasteiger partial charge is 0.507 e. The van der Waals surface area contributed by atoms with Crippen molar-refractivity contribution in [1.29, 1.82) is 0 Å². The van der Waals surface area contributed by atoms with Gasteiger partial charge in [0.1, 0.15) is 17.2 Å². The number of aromatic hydroxyl groups is 3. The van der Waals surface area contributed by atoms with Crippen LogP contribution in [-0.4, -0.2) is 15.3 Å². The molecule has 51 heavy (non-hydrogen) atoms. The predicted molar refractivity (Wildman–Crippen MR) is 220 cm³/mol. The number of benzene rings is 4. The predicted octanol–water partition coefficient (Wildman–Crippen LogP) is 13.6. The van der Waals surface area contributed by atoms with Crippen molar-refractivity contribution in [2.75, 3.05) is 0 Å². The van der Waals surface area contributed by atoms with Crippen molar-refractivity contribution < 1.29 is 15.3 Å². The van der Waals surface area contributed by atoms with Gasteiger partial charge in [0.15, 0.2) is 0 Å². The minimum atomic E-state index is -0.316. The standard InChI is InChI=1S/C48H66O3/c1-43(2,3)33-22-28(23-34(40(33)49)44(4,5)6)31-20-19-21-32(29-24-35(45(7,8)9)41(50)36(25-29)46(10,11)12)39(31)30-26-37(47(13,14)15)42(51)38(27-30)48(16,17)18/h19-27,49-51H,1-18H3. The molecule has 0 saturated carbocycles. The molecule has 0 aromatic heterocycles. The molecule has 0 aliphatic carbocycles. The van der Waals surface area contributed by atoms with Gasteiger partial charge in [0.2, 0.25) is 0 Å². The van der Waals surface area contributed by atoms with Gasteiger partial charge in [-0.1, -0.05) is 143 Å². The van der Waals surface area contributed by atoms with Gasteiger partial charge in [-0.05, 0) is 102 Å². The molecule has 4 rings (SSSR count). The summed E-state index contributed by atoms with van der Waals surface area (Å²) < 4.78 is 0. The Hall–Kier alpha value is -3.72. The van der Waals surface area contributed by atoms with Crippen molar-refractivity contribution in [3.05, 3.63) is 88.0 Å². The van der Waals surface area contributed by atoms with E-state index in [1.165, 1.54) is 0 Å². The van der Waals surface area contributed by atoms with Crippen LogP contribution in [-0.2, 0) is 32.5 Å². The van der Waals surface area contributed by atoms with Crippen LogP contribution in [0.2, 0.25) is 0 Å². The monoisotopic (exact) mass is 691 g/mol. The van der Waals surface area contributed by atoms with E-state index in [0.29, 0.717) is 17.2 Å². The van der Waals surface area contributed by atoms with Gasteiger partial charge in [-0.15, -0.1) is 0 Å². The first kappa shape index (κ1) is 40.1. The van der Waals surface area contributed by atoms with Gasteiger partial charge >= 0.3 is 0 Å². The van der Waals surface area contributed by atoms with Crippen LogP contribution in [0.1, 0.15) is 158 Å². The van der Waals surface area contributed by atoms with Crippen LogP contribution in [0.25, 0.3) is 33.4 Å². The first-order valence-corrected chi connectivity index (χ1v) is 18.6. The van der Waals surface area contributed by atoms with Crippen LogP contribution in [0, 0.1) is 0 Å². The van der Waals surface area contributed by atoms with E-state index in [1.807, 2.05) is 0 Å². The molecule has 4 aromatic carbocycles. The van der Waals surface area contributed by atoms with Gasteiger partial charge in [0.25, 0.3) is 0 Å². The molecule has 0 unspecified atom stereocenters. The average molecular weight is 691 g/mol. The second-order valence-electron chi connectivity index (χ2n) is 21.0. The molecule has 0 heterocycles. The van der Waals surface area contributed by atoms with Crippen LogP contribution in [0.5, 0.6) is 17.2 Å². The SMILES string of the molecule is CC(C)(C)c1cc(-c2cccc(-c3cc(C(C)(C)C)c(O)c(C(C)(C)C)c3)c2-c2cc(C(C)(C)C)c(O)c(C(C)(C)C)c2)cc(C(C)(C)C)c1O. The van der Waals surface area contributed by atoms with Crippen molar-refractivity contribution in [3.8, 4) is 50.6 Å². The maximum absolute atomic E-state index is 11.8. The van der Waals surface area contributed by atoms with E-state index in [4.69, 9.17) is 0 Å². The van der Waals surface area contributed by atoms with Gasteiger partial charge in [0.05, 0.1) is 0 Å². The molecule has 0 bridgehead atoms. The van der Waals surface area contributed by atoms with E-state index in [1.54, 1.807) is 0 Å². The zero-order valence-corrected chi connectivity index (χ0v) is 35.0.